The van der Waals surface area contributed by atoms with E-state index in [2.05, 4.69) is 0 Å². The van der Waals surface area contributed by atoms with Crippen LogP contribution in [0.15, 0.2) is 42.5 Å². The molecule has 4 heteroatoms. The molecular formula is C15H14ClF2N. The van der Waals surface area contributed by atoms with Gasteiger partial charge in [0.25, 0.3) is 0 Å². The van der Waals surface area contributed by atoms with Crippen molar-refractivity contribution in [3.63, 3.8) is 0 Å². The van der Waals surface area contributed by atoms with Crippen LogP contribution in [0.2, 0.25) is 0 Å². The number of anilines is 1. The SMILES string of the molecule is CN(Cc1ccccc1F)c1cccc(F)c1CCl. The normalized spacial score (nSPS) is 10.5. The molecular weight excluding hydrogens is 268 g/mol. The summed E-state index contributed by atoms with van der Waals surface area (Å²) in [7, 11) is 1.79. The molecule has 2 rings (SSSR count). The van der Waals surface area contributed by atoms with Crippen LogP contribution >= 0.6 is 11.6 Å². The smallest absolute Gasteiger partial charge is 0.129 e. The summed E-state index contributed by atoms with van der Waals surface area (Å²) >= 11 is 5.77. The summed E-state index contributed by atoms with van der Waals surface area (Å²) in [5.41, 5.74) is 1.68. The van der Waals surface area contributed by atoms with Gasteiger partial charge in [0.1, 0.15) is 11.6 Å². The van der Waals surface area contributed by atoms with Crippen molar-refractivity contribution in [1.82, 2.24) is 0 Å². The van der Waals surface area contributed by atoms with Crippen molar-refractivity contribution >= 4 is 17.3 Å². The molecule has 0 radical (unpaired) electrons. The number of halogens is 3. The molecule has 0 bridgehead atoms. The Hall–Kier alpha value is -1.61. The van der Waals surface area contributed by atoms with Crippen LogP contribution in [0, 0.1) is 11.6 Å². The first-order valence-corrected chi connectivity index (χ1v) is 6.45. The van der Waals surface area contributed by atoms with Crippen LogP contribution in [0.5, 0.6) is 0 Å². The molecule has 0 amide bonds. The Labute approximate surface area is 116 Å². The van der Waals surface area contributed by atoms with Crippen LogP contribution in [-0.4, -0.2) is 7.05 Å². The molecule has 0 aliphatic carbocycles. The first kappa shape index (κ1) is 13.8. The van der Waals surface area contributed by atoms with Crippen LogP contribution in [0.4, 0.5) is 14.5 Å². The van der Waals surface area contributed by atoms with Gasteiger partial charge in [-0.05, 0) is 18.2 Å². The zero-order valence-corrected chi connectivity index (χ0v) is 11.3. The monoisotopic (exact) mass is 281 g/mol. The number of nitrogens with zero attached hydrogens (tertiary/aromatic N) is 1. The highest BCUT2D eigenvalue weighted by atomic mass is 35.5. The molecule has 0 saturated heterocycles. The Balaban J connectivity index is 2.28. The molecule has 1 nitrogen and oxygen atoms in total. The summed E-state index contributed by atoms with van der Waals surface area (Å²) < 4.78 is 27.2. The predicted octanol–water partition coefficient (Wildman–Crippen LogP) is 4.34. The maximum atomic E-state index is 13.6. The van der Waals surface area contributed by atoms with Crippen molar-refractivity contribution in [2.45, 2.75) is 12.4 Å². The second kappa shape index (κ2) is 6.02. The Bertz CT molecular complexity index is 572. The van der Waals surface area contributed by atoms with Crippen LogP contribution < -0.4 is 4.90 Å². The third-order valence-corrected chi connectivity index (χ3v) is 3.27. The van der Waals surface area contributed by atoms with E-state index in [4.69, 9.17) is 11.6 Å². The predicted molar refractivity (Wildman–Crippen MR) is 74.5 cm³/mol. The summed E-state index contributed by atoms with van der Waals surface area (Å²) in [5, 5.41) is 0. The zero-order chi connectivity index (χ0) is 13.8. The van der Waals surface area contributed by atoms with Gasteiger partial charge in [0.15, 0.2) is 0 Å². The molecule has 19 heavy (non-hydrogen) atoms. The molecule has 0 heterocycles. The molecule has 0 atom stereocenters. The Morgan fingerprint density at radius 3 is 2.37 bits per heavy atom. The number of rotatable bonds is 4. The Morgan fingerprint density at radius 2 is 1.68 bits per heavy atom. The first-order valence-electron chi connectivity index (χ1n) is 5.91. The summed E-state index contributed by atoms with van der Waals surface area (Å²) in [5.74, 6) is -0.519. The molecule has 0 aliphatic heterocycles. The minimum atomic E-state index is -0.340. The summed E-state index contributed by atoms with van der Waals surface area (Å²) in [6, 6.07) is 11.3. The molecule has 2 aromatic rings. The highest BCUT2D eigenvalue weighted by Crippen LogP contribution is 2.25. The number of hydrogen-bond acceptors (Lipinski definition) is 1. The number of benzene rings is 2. The minimum Gasteiger partial charge on any atom is -0.370 e. The van der Waals surface area contributed by atoms with Crippen LogP contribution in [0.25, 0.3) is 0 Å². The van der Waals surface area contributed by atoms with E-state index < -0.39 is 0 Å². The summed E-state index contributed by atoms with van der Waals surface area (Å²) in [6.07, 6.45) is 0. The number of alkyl halides is 1. The van der Waals surface area contributed by atoms with Gasteiger partial charge in [-0.15, -0.1) is 11.6 Å². The molecule has 0 N–H and O–H groups in total. The van der Waals surface area contributed by atoms with Crippen LogP contribution in [0.1, 0.15) is 11.1 Å². The second-order valence-electron chi connectivity index (χ2n) is 4.32. The molecule has 0 unspecified atom stereocenters. The van der Waals surface area contributed by atoms with Gasteiger partial charge in [0.2, 0.25) is 0 Å². The van der Waals surface area contributed by atoms with E-state index in [1.54, 1.807) is 42.3 Å². The van der Waals surface area contributed by atoms with Gasteiger partial charge >= 0.3 is 0 Å². The lowest BCUT2D eigenvalue weighted by atomic mass is 10.1. The van der Waals surface area contributed by atoms with Gasteiger partial charge in [-0.1, -0.05) is 24.3 Å². The summed E-state index contributed by atoms with van der Waals surface area (Å²) in [4.78, 5) is 1.79. The third kappa shape index (κ3) is 3.04. The largest absolute Gasteiger partial charge is 0.370 e. The standard InChI is InChI=1S/C15H14ClF2N/c1-19(10-11-5-2-3-6-13(11)17)15-8-4-7-14(18)12(15)9-16/h2-8H,9-10H2,1H3. The van der Waals surface area contributed by atoms with Gasteiger partial charge in [-0.3, -0.25) is 0 Å². The maximum absolute atomic E-state index is 13.6. The van der Waals surface area contributed by atoms with Gasteiger partial charge < -0.3 is 4.90 Å². The van der Waals surface area contributed by atoms with Gasteiger partial charge in [0.05, 0.1) is 5.88 Å². The quantitative estimate of drug-likeness (QED) is 0.754. The van der Waals surface area contributed by atoms with E-state index in [-0.39, 0.29) is 17.5 Å². The van der Waals surface area contributed by atoms with Crippen molar-refractivity contribution in [3.8, 4) is 0 Å². The Kier molecular flexibility index (Phi) is 4.38. The lowest BCUT2D eigenvalue weighted by Crippen LogP contribution is -2.19. The Morgan fingerprint density at radius 1 is 1.00 bits per heavy atom. The van der Waals surface area contributed by atoms with E-state index in [9.17, 15) is 8.78 Å². The van der Waals surface area contributed by atoms with Crippen molar-refractivity contribution < 1.29 is 8.78 Å². The maximum Gasteiger partial charge on any atom is 0.129 e. The molecule has 0 fully saturated rings. The first-order chi connectivity index (χ1) is 9.13. The van der Waals surface area contributed by atoms with E-state index in [1.807, 2.05) is 0 Å². The van der Waals surface area contributed by atoms with Crippen LogP contribution in [0.3, 0.4) is 0 Å². The third-order valence-electron chi connectivity index (χ3n) is 3.00. The van der Waals surface area contributed by atoms with Crippen molar-refractivity contribution in [2.24, 2.45) is 0 Å². The van der Waals surface area contributed by atoms with Gasteiger partial charge in [-0.2, -0.15) is 0 Å². The molecule has 0 saturated carbocycles. The van der Waals surface area contributed by atoms with Crippen molar-refractivity contribution in [1.29, 1.82) is 0 Å². The van der Waals surface area contributed by atoms with E-state index in [0.717, 1.165) is 0 Å². The lowest BCUT2D eigenvalue weighted by molar-refractivity contribution is 0.605. The van der Waals surface area contributed by atoms with Crippen molar-refractivity contribution in [2.75, 3.05) is 11.9 Å². The lowest BCUT2D eigenvalue weighted by Gasteiger charge is -2.22. The molecule has 0 aliphatic rings. The molecule has 2 aromatic carbocycles. The molecule has 0 aromatic heterocycles. The highest BCUT2D eigenvalue weighted by Gasteiger charge is 2.12. The number of hydrogen-bond donors (Lipinski definition) is 0. The van der Waals surface area contributed by atoms with E-state index in [0.29, 0.717) is 23.4 Å². The fraction of sp³-hybridized carbons (Fsp3) is 0.200. The average Bonchev–Trinajstić information content (AvgIpc) is 2.41. The second-order valence-corrected chi connectivity index (χ2v) is 4.59. The average molecular weight is 282 g/mol. The minimum absolute atomic E-state index is 0.0869. The molecule has 100 valence electrons. The van der Waals surface area contributed by atoms with Crippen LogP contribution in [-0.2, 0) is 12.4 Å². The zero-order valence-electron chi connectivity index (χ0n) is 10.5. The van der Waals surface area contributed by atoms with Crippen molar-refractivity contribution in [3.05, 3.63) is 65.2 Å². The summed E-state index contributed by atoms with van der Waals surface area (Å²) in [6.45, 7) is 0.361. The fourth-order valence-corrected chi connectivity index (χ4v) is 2.27. The topological polar surface area (TPSA) is 3.24 Å². The van der Waals surface area contributed by atoms with E-state index in [1.165, 1.54) is 12.1 Å². The van der Waals surface area contributed by atoms with Gasteiger partial charge in [-0.25, -0.2) is 8.78 Å². The van der Waals surface area contributed by atoms with E-state index >= 15 is 0 Å². The van der Waals surface area contributed by atoms with Gasteiger partial charge in [0, 0.05) is 30.4 Å². The highest BCUT2D eigenvalue weighted by molar-refractivity contribution is 6.17. The molecule has 0 spiro atoms. The fourth-order valence-electron chi connectivity index (χ4n) is 2.00.